The number of nitrogens with zero attached hydrogens (tertiary/aromatic N) is 3. The lowest BCUT2D eigenvalue weighted by Gasteiger charge is -2.36. The minimum absolute atomic E-state index is 0.291. The van der Waals surface area contributed by atoms with Gasteiger partial charge in [0.15, 0.2) is 5.11 Å². The largest absolute Gasteiger partial charge is 0.442 e. The summed E-state index contributed by atoms with van der Waals surface area (Å²) in [6.45, 7) is 1.90. The van der Waals surface area contributed by atoms with Crippen LogP contribution in [0.1, 0.15) is 0 Å². The summed E-state index contributed by atoms with van der Waals surface area (Å²) in [6.07, 6.45) is -0.927. The highest BCUT2D eigenvalue weighted by Crippen LogP contribution is 2.28. The molecule has 1 aromatic carbocycles. The standard InChI is InChI=1S/C18H24FN5O4S/c1-20-17(29)21-9-13-10-24(18(27)28-13)12-2-3-15(14(19)8-12)22-4-6-23(7-5-22)16(26)11-25/h2-3,8,13,25H,4-7,9-11H2,1H3,(H2,20,21,29). The summed E-state index contributed by atoms with van der Waals surface area (Å²) < 4.78 is 20.1. The van der Waals surface area contributed by atoms with Crippen LogP contribution in [0.5, 0.6) is 0 Å². The number of benzene rings is 1. The molecule has 0 spiro atoms. The van der Waals surface area contributed by atoms with Crippen LogP contribution in [0.4, 0.5) is 20.6 Å². The summed E-state index contributed by atoms with van der Waals surface area (Å²) in [5, 5.41) is 15.1. The van der Waals surface area contributed by atoms with Crippen molar-refractivity contribution in [2.45, 2.75) is 6.10 Å². The number of nitrogens with one attached hydrogen (secondary N) is 2. The molecule has 1 atom stereocenters. The van der Waals surface area contributed by atoms with Crippen LogP contribution >= 0.6 is 12.2 Å². The molecule has 158 valence electrons. The van der Waals surface area contributed by atoms with Crippen LogP contribution in [0, 0.1) is 5.82 Å². The van der Waals surface area contributed by atoms with Crippen LogP contribution in [0.2, 0.25) is 0 Å². The van der Waals surface area contributed by atoms with Gasteiger partial charge >= 0.3 is 6.09 Å². The summed E-state index contributed by atoms with van der Waals surface area (Å²) in [5.41, 5.74) is 0.832. The van der Waals surface area contributed by atoms with E-state index in [1.165, 1.54) is 11.0 Å². The molecular weight excluding hydrogens is 401 g/mol. The van der Waals surface area contributed by atoms with Gasteiger partial charge in [0.05, 0.1) is 24.5 Å². The summed E-state index contributed by atoms with van der Waals surface area (Å²) in [6, 6.07) is 4.62. The fourth-order valence-corrected chi connectivity index (χ4v) is 3.43. The number of aliphatic hydroxyl groups is 1. The molecule has 2 fully saturated rings. The van der Waals surface area contributed by atoms with Gasteiger partial charge in [-0.3, -0.25) is 9.69 Å². The first-order chi connectivity index (χ1) is 13.9. The van der Waals surface area contributed by atoms with E-state index in [0.717, 1.165) is 0 Å². The van der Waals surface area contributed by atoms with Gasteiger partial charge in [0.1, 0.15) is 18.5 Å². The highest BCUT2D eigenvalue weighted by molar-refractivity contribution is 7.80. The van der Waals surface area contributed by atoms with Gasteiger partial charge in [0.25, 0.3) is 0 Å². The topological polar surface area (TPSA) is 97.4 Å². The number of carbonyl (C=O) groups is 2. The third-order valence-electron chi connectivity index (χ3n) is 4.94. The van der Waals surface area contributed by atoms with Crippen molar-refractivity contribution in [2.24, 2.45) is 0 Å². The highest BCUT2D eigenvalue weighted by atomic mass is 32.1. The molecule has 3 rings (SSSR count). The van der Waals surface area contributed by atoms with Gasteiger partial charge in [-0.1, -0.05) is 0 Å². The number of thiocarbonyl (C=S) groups is 1. The minimum atomic E-state index is -0.532. The average Bonchev–Trinajstić information content (AvgIpc) is 3.12. The van der Waals surface area contributed by atoms with E-state index < -0.39 is 24.6 Å². The molecular formula is C18H24FN5O4S. The van der Waals surface area contributed by atoms with Gasteiger partial charge in [-0.2, -0.15) is 0 Å². The van der Waals surface area contributed by atoms with Crippen molar-refractivity contribution in [1.29, 1.82) is 0 Å². The monoisotopic (exact) mass is 425 g/mol. The molecule has 2 heterocycles. The lowest BCUT2D eigenvalue weighted by atomic mass is 10.2. The van der Waals surface area contributed by atoms with Crippen molar-refractivity contribution in [3.63, 3.8) is 0 Å². The van der Waals surface area contributed by atoms with Gasteiger partial charge in [-0.15, -0.1) is 0 Å². The van der Waals surface area contributed by atoms with Crippen LogP contribution in [0.3, 0.4) is 0 Å². The molecule has 1 aromatic rings. The van der Waals surface area contributed by atoms with E-state index in [1.54, 1.807) is 24.1 Å². The number of hydrogen-bond donors (Lipinski definition) is 3. The first-order valence-corrected chi connectivity index (χ1v) is 9.70. The second kappa shape index (κ2) is 9.23. The second-order valence-corrected chi connectivity index (χ2v) is 7.15. The fourth-order valence-electron chi connectivity index (χ4n) is 3.35. The Balaban J connectivity index is 1.62. The lowest BCUT2D eigenvalue weighted by molar-refractivity contribution is -0.134. The number of anilines is 2. The van der Waals surface area contributed by atoms with E-state index >= 15 is 0 Å². The number of cyclic esters (lactones) is 1. The maximum Gasteiger partial charge on any atom is 0.414 e. The second-order valence-electron chi connectivity index (χ2n) is 6.74. The first-order valence-electron chi connectivity index (χ1n) is 9.29. The van der Waals surface area contributed by atoms with Crippen molar-refractivity contribution >= 4 is 40.7 Å². The summed E-state index contributed by atoms with van der Waals surface area (Å²) >= 11 is 5.00. The third kappa shape index (κ3) is 4.85. The normalized spacial score (nSPS) is 19.2. The zero-order valence-electron chi connectivity index (χ0n) is 16.1. The Labute approximate surface area is 173 Å². The molecule has 0 aliphatic carbocycles. The van der Waals surface area contributed by atoms with Gasteiger partial charge in [-0.25, -0.2) is 9.18 Å². The number of halogens is 1. The van der Waals surface area contributed by atoms with Gasteiger partial charge in [-0.05, 0) is 30.4 Å². The fraction of sp³-hybridized carbons (Fsp3) is 0.500. The van der Waals surface area contributed by atoms with Gasteiger partial charge < -0.3 is 30.3 Å². The molecule has 3 N–H and O–H groups in total. The van der Waals surface area contributed by atoms with Crippen LogP contribution in [0.15, 0.2) is 18.2 Å². The summed E-state index contributed by atoms with van der Waals surface area (Å²) in [7, 11) is 1.69. The molecule has 0 aromatic heterocycles. The maximum atomic E-state index is 14.8. The highest BCUT2D eigenvalue weighted by Gasteiger charge is 2.33. The molecule has 2 amide bonds. The molecule has 0 bridgehead atoms. The van der Waals surface area contributed by atoms with E-state index in [0.29, 0.717) is 55.8 Å². The molecule has 2 aliphatic rings. The van der Waals surface area contributed by atoms with Crippen molar-refractivity contribution in [3.05, 3.63) is 24.0 Å². The predicted molar refractivity (Wildman–Crippen MR) is 110 cm³/mol. The molecule has 11 heteroatoms. The van der Waals surface area contributed by atoms with Crippen LogP contribution in [-0.4, -0.2) is 86.1 Å². The zero-order valence-corrected chi connectivity index (χ0v) is 16.9. The molecule has 1 unspecified atom stereocenters. The zero-order chi connectivity index (χ0) is 21.0. The third-order valence-corrected chi connectivity index (χ3v) is 5.29. The Bertz CT molecular complexity index is 788. The maximum absolute atomic E-state index is 14.8. The number of carbonyl (C=O) groups excluding carboxylic acids is 2. The number of piperazine rings is 1. The van der Waals surface area contributed by atoms with E-state index in [4.69, 9.17) is 22.1 Å². The number of hydrogen-bond acceptors (Lipinski definition) is 6. The first kappa shape index (κ1) is 21.1. The van der Waals surface area contributed by atoms with E-state index in [2.05, 4.69) is 10.6 Å². The Morgan fingerprint density at radius 2 is 2.07 bits per heavy atom. The van der Waals surface area contributed by atoms with Gasteiger partial charge in [0.2, 0.25) is 5.91 Å². The van der Waals surface area contributed by atoms with Crippen molar-refractivity contribution in [2.75, 3.05) is 62.7 Å². The van der Waals surface area contributed by atoms with E-state index in [-0.39, 0.29) is 5.91 Å². The van der Waals surface area contributed by atoms with E-state index in [1.807, 2.05) is 4.90 Å². The predicted octanol–water partition coefficient (Wildman–Crippen LogP) is -0.114. The number of amides is 2. The summed E-state index contributed by atoms with van der Waals surface area (Å²) in [4.78, 5) is 28.5. The summed E-state index contributed by atoms with van der Waals surface area (Å²) in [5.74, 6) is -0.775. The Hall–Kier alpha value is -2.66. The van der Waals surface area contributed by atoms with Gasteiger partial charge in [0, 0.05) is 33.2 Å². The Morgan fingerprint density at radius 3 is 2.69 bits per heavy atom. The molecule has 0 radical (unpaired) electrons. The average molecular weight is 425 g/mol. The molecule has 0 saturated carbocycles. The Kier molecular flexibility index (Phi) is 6.70. The van der Waals surface area contributed by atoms with Crippen molar-refractivity contribution < 1.29 is 23.8 Å². The van der Waals surface area contributed by atoms with E-state index in [9.17, 15) is 14.0 Å². The number of ether oxygens (including phenoxy) is 1. The molecule has 9 nitrogen and oxygen atoms in total. The van der Waals surface area contributed by atoms with Crippen LogP contribution in [0.25, 0.3) is 0 Å². The SMILES string of the molecule is CNC(=S)NCC1CN(c2ccc(N3CCN(C(=O)CO)CC3)c(F)c2)C(=O)O1. The molecule has 2 saturated heterocycles. The number of aliphatic hydroxyl groups excluding tert-OH is 1. The lowest BCUT2D eigenvalue weighted by Crippen LogP contribution is -2.49. The number of rotatable bonds is 5. The molecule has 2 aliphatic heterocycles. The molecule has 29 heavy (non-hydrogen) atoms. The smallest absolute Gasteiger partial charge is 0.414 e. The Morgan fingerprint density at radius 1 is 1.34 bits per heavy atom. The van der Waals surface area contributed by atoms with Crippen molar-refractivity contribution in [1.82, 2.24) is 15.5 Å². The van der Waals surface area contributed by atoms with Crippen LogP contribution < -0.4 is 20.4 Å². The minimum Gasteiger partial charge on any atom is -0.442 e. The van der Waals surface area contributed by atoms with Crippen molar-refractivity contribution in [3.8, 4) is 0 Å². The van der Waals surface area contributed by atoms with Crippen LogP contribution in [-0.2, 0) is 9.53 Å². The quantitative estimate of drug-likeness (QED) is 0.562.